The maximum atomic E-state index is 12.4. The topological polar surface area (TPSA) is 79.2 Å². The van der Waals surface area contributed by atoms with Gasteiger partial charge >= 0.3 is 0 Å². The van der Waals surface area contributed by atoms with Crippen molar-refractivity contribution in [3.8, 4) is 11.8 Å². The minimum Gasteiger partial charge on any atom is -0.492 e. The predicted octanol–water partition coefficient (Wildman–Crippen LogP) is 4.16. The molecule has 0 heterocycles. The molecule has 1 unspecified atom stereocenters. The lowest BCUT2D eigenvalue weighted by Crippen LogP contribution is -2.46. The average molecular weight is 413 g/mol. The van der Waals surface area contributed by atoms with Gasteiger partial charge in [-0.05, 0) is 24.6 Å². The first-order valence-electron chi connectivity index (χ1n) is 7.78. The molecule has 5 nitrogen and oxygen atoms in total. The molecule has 1 atom stereocenters. The van der Waals surface area contributed by atoms with Crippen molar-refractivity contribution in [3.63, 3.8) is 0 Å². The Balaban J connectivity index is 1.99. The van der Waals surface area contributed by atoms with Gasteiger partial charge in [-0.25, -0.2) is 8.42 Å². The number of rotatable bonds is 8. The summed E-state index contributed by atoms with van der Waals surface area (Å²) in [6.07, 6.45) is 0.139. The van der Waals surface area contributed by atoms with E-state index in [1.165, 1.54) is 6.92 Å². The first kappa shape index (κ1) is 20.5. The largest absolute Gasteiger partial charge is 0.492 e. The highest BCUT2D eigenvalue weighted by atomic mass is 35.5. The SMILES string of the molecule is CC(C#N)(CCOc1cccc(Cl)c1Cl)NS(=O)(=O)Cc1ccccc1. The molecular formula is C18H18Cl2N2O3S. The van der Waals surface area contributed by atoms with Crippen LogP contribution in [0.3, 0.4) is 0 Å². The van der Waals surface area contributed by atoms with Crippen LogP contribution in [0.5, 0.6) is 5.75 Å². The molecule has 0 radical (unpaired) electrons. The molecular weight excluding hydrogens is 395 g/mol. The third kappa shape index (κ3) is 5.89. The molecule has 0 aromatic heterocycles. The Labute approximate surface area is 163 Å². The second-order valence-corrected chi connectivity index (χ2v) is 8.45. The minimum absolute atomic E-state index is 0.0952. The van der Waals surface area contributed by atoms with E-state index >= 15 is 0 Å². The fraction of sp³-hybridized carbons (Fsp3) is 0.278. The second-order valence-electron chi connectivity index (χ2n) is 5.94. The summed E-state index contributed by atoms with van der Waals surface area (Å²) in [5.41, 5.74) is -0.666. The van der Waals surface area contributed by atoms with Crippen molar-refractivity contribution in [2.24, 2.45) is 0 Å². The molecule has 0 saturated carbocycles. The molecule has 26 heavy (non-hydrogen) atoms. The van der Waals surface area contributed by atoms with Gasteiger partial charge in [-0.3, -0.25) is 0 Å². The first-order chi connectivity index (χ1) is 12.2. The second kappa shape index (κ2) is 8.74. The fourth-order valence-corrected chi connectivity index (χ4v) is 4.15. The summed E-state index contributed by atoms with van der Waals surface area (Å²) in [5.74, 6) is 0.179. The Kier molecular flexibility index (Phi) is 6.90. The minimum atomic E-state index is -3.69. The molecule has 0 bridgehead atoms. The molecule has 0 spiro atoms. The van der Waals surface area contributed by atoms with Gasteiger partial charge in [-0.2, -0.15) is 9.98 Å². The summed E-state index contributed by atoms with van der Waals surface area (Å²) < 4.78 is 32.7. The summed E-state index contributed by atoms with van der Waals surface area (Å²) in [6, 6.07) is 15.7. The van der Waals surface area contributed by atoms with Crippen molar-refractivity contribution >= 4 is 33.2 Å². The molecule has 2 aromatic carbocycles. The van der Waals surface area contributed by atoms with Crippen LogP contribution in [0, 0.1) is 11.3 Å². The number of hydrogen-bond donors (Lipinski definition) is 1. The van der Waals surface area contributed by atoms with Gasteiger partial charge in [0.25, 0.3) is 0 Å². The van der Waals surface area contributed by atoms with Crippen molar-refractivity contribution in [2.45, 2.75) is 24.6 Å². The number of nitrogens with zero attached hydrogens (tertiary/aromatic N) is 1. The number of sulfonamides is 1. The lowest BCUT2D eigenvalue weighted by Gasteiger charge is -2.23. The van der Waals surface area contributed by atoms with E-state index in [0.29, 0.717) is 16.3 Å². The molecule has 138 valence electrons. The number of nitrogens with one attached hydrogen (secondary N) is 1. The van der Waals surface area contributed by atoms with E-state index in [4.69, 9.17) is 27.9 Å². The van der Waals surface area contributed by atoms with Gasteiger partial charge in [0.05, 0.1) is 23.5 Å². The summed E-state index contributed by atoms with van der Waals surface area (Å²) >= 11 is 12.0. The van der Waals surface area contributed by atoms with E-state index in [-0.39, 0.29) is 23.8 Å². The van der Waals surface area contributed by atoms with E-state index in [2.05, 4.69) is 4.72 Å². The van der Waals surface area contributed by atoms with Gasteiger partial charge < -0.3 is 4.74 Å². The molecule has 2 aromatic rings. The normalized spacial score (nSPS) is 13.6. The van der Waals surface area contributed by atoms with Crippen molar-refractivity contribution in [2.75, 3.05) is 6.61 Å². The van der Waals surface area contributed by atoms with Gasteiger partial charge in [0.15, 0.2) is 0 Å². The van der Waals surface area contributed by atoms with Crippen LogP contribution in [0.4, 0.5) is 0 Å². The summed E-state index contributed by atoms with van der Waals surface area (Å²) in [6.45, 7) is 1.61. The Morgan fingerprint density at radius 3 is 2.50 bits per heavy atom. The highest BCUT2D eigenvalue weighted by Gasteiger charge is 2.30. The zero-order chi connectivity index (χ0) is 19.2. The molecule has 8 heteroatoms. The van der Waals surface area contributed by atoms with E-state index in [1.807, 2.05) is 6.07 Å². The Bertz CT molecular complexity index is 898. The zero-order valence-electron chi connectivity index (χ0n) is 14.1. The monoisotopic (exact) mass is 412 g/mol. The average Bonchev–Trinajstić information content (AvgIpc) is 2.58. The number of halogens is 2. The van der Waals surface area contributed by atoms with E-state index in [0.717, 1.165) is 0 Å². The van der Waals surface area contributed by atoms with Gasteiger partial charge in [0.1, 0.15) is 16.3 Å². The Morgan fingerprint density at radius 2 is 1.85 bits per heavy atom. The highest BCUT2D eigenvalue weighted by Crippen LogP contribution is 2.31. The lowest BCUT2D eigenvalue weighted by atomic mass is 10.0. The summed E-state index contributed by atoms with van der Waals surface area (Å²) in [5, 5.41) is 10.1. The summed E-state index contributed by atoms with van der Waals surface area (Å²) in [4.78, 5) is 0. The molecule has 0 fully saturated rings. The van der Waals surface area contributed by atoms with Crippen molar-refractivity contribution < 1.29 is 13.2 Å². The van der Waals surface area contributed by atoms with Gasteiger partial charge in [-0.15, -0.1) is 0 Å². The molecule has 0 amide bonds. The number of nitriles is 1. The smallest absolute Gasteiger partial charge is 0.217 e. The van der Waals surface area contributed by atoms with Crippen LogP contribution in [-0.2, 0) is 15.8 Å². The van der Waals surface area contributed by atoms with Crippen LogP contribution in [-0.4, -0.2) is 20.6 Å². The molecule has 0 saturated heterocycles. The van der Waals surface area contributed by atoms with Crippen molar-refractivity contribution in [1.82, 2.24) is 4.72 Å². The predicted molar refractivity (Wildman–Crippen MR) is 103 cm³/mol. The van der Waals surface area contributed by atoms with Crippen LogP contribution in [0.2, 0.25) is 10.0 Å². The van der Waals surface area contributed by atoms with E-state index in [1.54, 1.807) is 48.5 Å². The lowest BCUT2D eigenvalue weighted by molar-refractivity contribution is 0.279. The van der Waals surface area contributed by atoms with Crippen LogP contribution in [0.25, 0.3) is 0 Å². The van der Waals surface area contributed by atoms with E-state index < -0.39 is 15.6 Å². The van der Waals surface area contributed by atoms with Gasteiger partial charge in [0, 0.05) is 6.42 Å². The molecule has 0 aliphatic heterocycles. The number of hydrogen-bond acceptors (Lipinski definition) is 4. The Hall–Kier alpha value is -1.78. The molecule has 2 rings (SSSR count). The zero-order valence-corrected chi connectivity index (χ0v) is 16.4. The van der Waals surface area contributed by atoms with Gasteiger partial charge in [-0.1, -0.05) is 59.6 Å². The first-order valence-corrected chi connectivity index (χ1v) is 10.2. The third-order valence-electron chi connectivity index (χ3n) is 3.60. The maximum Gasteiger partial charge on any atom is 0.217 e. The number of ether oxygens (including phenoxy) is 1. The van der Waals surface area contributed by atoms with E-state index in [9.17, 15) is 13.7 Å². The van der Waals surface area contributed by atoms with Crippen molar-refractivity contribution in [1.29, 1.82) is 5.26 Å². The van der Waals surface area contributed by atoms with Crippen molar-refractivity contribution in [3.05, 3.63) is 64.1 Å². The van der Waals surface area contributed by atoms with Crippen LogP contribution in [0.1, 0.15) is 18.9 Å². The molecule has 1 N–H and O–H groups in total. The van der Waals surface area contributed by atoms with Gasteiger partial charge in [0.2, 0.25) is 10.0 Å². The quantitative estimate of drug-likeness (QED) is 0.705. The molecule has 0 aliphatic rings. The highest BCUT2D eigenvalue weighted by molar-refractivity contribution is 7.88. The van der Waals surface area contributed by atoms with Crippen LogP contribution < -0.4 is 9.46 Å². The summed E-state index contributed by atoms with van der Waals surface area (Å²) in [7, 11) is -3.69. The standard InChI is InChI=1S/C18H18Cl2N2O3S/c1-18(13-21,10-11-25-16-9-5-8-15(19)17(16)20)22-26(23,24)12-14-6-3-2-4-7-14/h2-9,22H,10-12H2,1H3. The Morgan fingerprint density at radius 1 is 1.15 bits per heavy atom. The maximum absolute atomic E-state index is 12.4. The number of benzene rings is 2. The third-order valence-corrected chi connectivity index (χ3v) is 5.88. The van der Waals surface area contributed by atoms with Crippen LogP contribution >= 0.6 is 23.2 Å². The fourth-order valence-electron chi connectivity index (χ4n) is 2.26. The van der Waals surface area contributed by atoms with Crippen LogP contribution in [0.15, 0.2) is 48.5 Å². The molecule has 0 aliphatic carbocycles.